The first kappa shape index (κ1) is 22.8. The predicted molar refractivity (Wildman–Crippen MR) is 101 cm³/mol. The largest absolute Gasteiger partial charge is 0.330 e. The van der Waals surface area contributed by atoms with Crippen molar-refractivity contribution in [3.8, 4) is 0 Å². The summed E-state index contributed by atoms with van der Waals surface area (Å²) in [6, 6.07) is 0.766. The van der Waals surface area contributed by atoms with Crippen LogP contribution in [0, 0.1) is 5.92 Å². The maximum Gasteiger partial charge on any atom is 0.00656 e. The lowest BCUT2D eigenvalue weighted by Crippen LogP contribution is -2.36. The monoisotopic (exact) mass is 330 g/mol. The summed E-state index contributed by atoms with van der Waals surface area (Å²) in [6.45, 7) is 3.60. The molecule has 23 heavy (non-hydrogen) atoms. The van der Waals surface area contributed by atoms with Crippen molar-refractivity contribution in [2.24, 2.45) is 40.3 Å². The van der Waals surface area contributed by atoms with Crippen molar-refractivity contribution in [3.63, 3.8) is 0 Å². The highest BCUT2D eigenvalue weighted by molar-refractivity contribution is 4.77. The minimum Gasteiger partial charge on any atom is -0.330 e. The van der Waals surface area contributed by atoms with E-state index in [-0.39, 0.29) is 24.2 Å². The van der Waals surface area contributed by atoms with Crippen LogP contribution in [0.2, 0.25) is 0 Å². The lowest BCUT2D eigenvalue weighted by molar-refractivity contribution is 0.343. The Hall–Kier alpha value is -0.240. The fourth-order valence-corrected chi connectivity index (χ4v) is 2.94. The Balaban J connectivity index is 3.85. The van der Waals surface area contributed by atoms with Gasteiger partial charge in [-0.25, -0.2) is 0 Å². The summed E-state index contributed by atoms with van der Waals surface area (Å²) in [5.41, 5.74) is 35.7. The van der Waals surface area contributed by atoms with Crippen LogP contribution in [-0.2, 0) is 0 Å². The Morgan fingerprint density at radius 1 is 0.609 bits per heavy atom. The van der Waals surface area contributed by atoms with Gasteiger partial charge in [-0.15, -0.1) is 0 Å². The maximum absolute atomic E-state index is 6.29. The van der Waals surface area contributed by atoms with E-state index in [4.69, 9.17) is 34.4 Å². The van der Waals surface area contributed by atoms with Gasteiger partial charge in [0.25, 0.3) is 0 Å². The van der Waals surface area contributed by atoms with Crippen molar-refractivity contribution < 1.29 is 0 Å². The SMILES string of the molecule is CC(CC(N)CCC(N)CCCN)C(N)CCC(N)CCCN. The molecule has 6 nitrogen and oxygen atoms in total. The summed E-state index contributed by atoms with van der Waals surface area (Å²) in [7, 11) is 0. The van der Waals surface area contributed by atoms with E-state index in [1.807, 2.05) is 0 Å². The second-order valence-electron chi connectivity index (χ2n) is 7.17. The highest BCUT2D eigenvalue weighted by atomic mass is 14.7. The van der Waals surface area contributed by atoms with Crippen LogP contribution in [0.3, 0.4) is 0 Å². The molecule has 140 valence electrons. The van der Waals surface area contributed by atoms with E-state index in [0.29, 0.717) is 19.0 Å². The minimum atomic E-state index is 0.163. The molecule has 0 aromatic rings. The summed E-state index contributed by atoms with van der Waals surface area (Å²) in [5.74, 6) is 0.409. The number of nitrogens with two attached hydrogens (primary N) is 6. The minimum absolute atomic E-state index is 0.163. The third-order valence-corrected chi connectivity index (χ3v) is 4.74. The number of hydrogen-bond donors (Lipinski definition) is 6. The zero-order valence-electron chi connectivity index (χ0n) is 15.1. The number of hydrogen-bond acceptors (Lipinski definition) is 6. The van der Waals surface area contributed by atoms with Gasteiger partial charge in [-0.1, -0.05) is 6.92 Å². The summed E-state index contributed by atoms with van der Waals surface area (Å²) < 4.78 is 0. The predicted octanol–water partition coefficient (Wildman–Crippen LogP) is 0.360. The van der Waals surface area contributed by atoms with Gasteiger partial charge in [-0.3, -0.25) is 0 Å². The Labute approximate surface area is 143 Å². The van der Waals surface area contributed by atoms with E-state index < -0.39 is 0 Å². The molecule has 0 rings (SSSR count). The van der Waals surface area contributed by atoms with E-state index in [0.717, 1.165) is 57.8 Å². The fraction of sp³-hybridized carbons (Fsp3) is 1.00. The molecule has 0 saturated carbocycles. The molecule has 0 aliphatic carbocycles. The van der Waals surface area contributed by atoms with Crippen molar-refractivity contribution in [2.75, 3.05) is 13.1 Å². The smallest absolute Gasteiger partial charge is 0.00656 e. The van der Waals surface area contributed by atoms with Crippen LogP contribution in [0.25, 0.3) is 0 Å². The molecule has 0 fully saturated rings. The molecule has 0 aliphatic heterocycles. The van der Waals surface area contributed by atoms with Gasteiger partial charge in [0.05, 0.1) is 0 Å². The third-order valence-electron chi connectivity index (χ3n) is 4.74. The van der Waals surface area contributed by atoms with Crippen LogP contribution >= 0.6 is 0 Å². The first-order chi connectivity index (χ1) is 10.9. The third kappa shape index (κ3) is 12.8. The van der Waals surface area contributed by atoms with Gasteiger partial charge in [0.1, 0.15) is 0 Å². The van der Waals surface area contributed by atoms with Crippen LogP contribution in [0.4, 0.5) is 0 Å². The van der Waals surface area contributed by atoms with Crippen LogP contribution in [0.1, 0.15) is 64.7 Å². The first-order valence-electron chi connectivity index (χ1n) is 9.33. The van der Waals surface area contributed by atoms with Gasteiger partial charge in [0.2, 0.25) is 0 Å². The molecule has 0 radical (unpaired) electrons. The molecule has 0 saturated heterocycles. The highest BCUT2D eigenvalue weighted by Crippen LogP contribution is 2.17. The molecule has 5 atom stereocenters. The standard InChI is InChI=1S/C17H42N6/c1-13(17(23)9-8-15(21)5-3-11-19)12-16(22)7-6-14(20)4-2-10-18/h13-17H,2-12,18-23H2,1H3. The van der Waals surface area contributed by atoms with Crippen molar-refractivity contribution in [2.45, 2.75) is 88.9 Å². The summed E-state index contributed by atoms with van der Waals surface area (Å²) in [6.07, 6.45) is 8.73. The molecular formula is C17H42N6. The summed E-state index contributed by atoms with van der Waals surface area (Å²) >= 11 is 0. The van der Waals surface area contributed by atoms with Crippen molar-refractivity contribution >= 4 is 0 Å². The van der Waals surface area contributed by atoms with E-state index in [2.05, 4.69) is 6.92 Å². The summed E-state index contributed by atoms with van der Waals surface area (Å²) in [5, 5.41) is 0. The topological polar surface area (TPSA) is 156 Å². The van der Waals surface area contributed by atoms with E-state index >= 15 is 0 Å². The van der Waals surface area contributed by atoms with Crippen LogP contribution in [0.5, 0.6) is 0 Å². The van der Waals surface area contributed by atoms with Crippen LogP contribution in [-0.4, -0.2) is 37.3 Å². The number of rotatable bonds is 15. The molecule has 5 unspecified atom stereocenters. The zero-order chi connectivity index (χ0) is 17.7. The molecule has 0 aliphatic rings. The van der Waals surface area contributed by atoms with Crippen molar-refractivity contribution in [3.05, 3.63) is 0 Å². The van der Waals surface area contributed by atoms with Gasteiger partial charge in [0, 0.05) is 24.2 Å². The molecular weight excluding hydrogens is 288 g/mol. The molecule has 0 spiro atoms. The Bertz CT molecular complexity index is 263. The molecule has 0 heterocycles. The molecule has 0 aromatic carbocycles. The fourth-order valence-electron chi connectivity index (χ4n) is 2.94. The summed E-state index contributed by atoms with van der Waals surface area (Å²) in [4.78, 5) is 0. The zero-order valence-corrected chi connectivity index (χ0v) is 15.1. The first-order valence-corrected chi connectivity index (χ1v) is 9.33. The second kappa shape index (κ2) is 14.1. The van der Waals surface area contributed by atoms with Gasteiger partial charge in [0.15, 0.2) is 0 Å². The lowest BCUT2D eigenvalue weighted by Gasteiger charge is -2.25. The van der Waals surface area contributed by atoms with Crippen molar-refractivity contribution in [1.82, 2.24) is 0 Å². The Morgan fingerprint density at radius 3 is 1.52 bits per heavy atom. The van der Waals surface area contributed by atoms with Gasteiger partial charge in [-0.2, -0.15) is 0 Å². The normalized spacial score (nSPS) is 18.4. The van der Waals surface area contributed by atoms with Gasteiger partial charge in [-0.05, 0) is 76.8 Å². The van der Waals surface area contributed by atoms with Crippen molar-refractivity contribution in [1.29, 1.82) is 0 Å². The van der Waals surface area contributed by atoms with Gasteiger partial charge < -0.3 is 34.4 Å². The average Bonchev–Trinajstić information content (AvgIpc) is 2.53. The van der Waals surface area contributed by atoms with E-state index in [1.165, 1.54) is 0 Å². The second-order valence-corrected chi connectivity index (χ2v) is 7.17. The molecule has 0 bridgehead atoms. The average molecular weight is 331 g/mol. The Kier molecular flexibility index (Phi) is 14.0. The molecule has 0 aromatic heterocycles. The maximum atomic E-state index is 6.29. The van der Waals surface area contributed by atoms with Crippen LogP contribution in [0.15, 0.2) is 0 Å². The van der Waals surface area contributed by atoms with E-state index in [1.54, 1.807) is 0 Å². The quantitative estimate of drug-likeness (QED) is 0.254. The lowest BCUT2D eigenvalue weighted by atomic mass is 9.88. The molecule has 12 N–H and O–H groups in total. The van der Waals surface area contributed by atoms with Crippen LogP contribution < -0.4 is 34.4 Å². The Morgan fingerprint density at radius 2 is 1.04 bits per heavy atom. The molecule has 6 heteroatoms. The van der Waals surface area contributed by atoms with E-state index in [9.17, 15) is 0 Å². The highest BCUT2D eigenvalue weighted by Gasteiger charge is 2.18. The van der Waals surface area contributed by atoms with Gasteiger partial charge >= 0.3 is 0 Å². The molecule has 0 amide bonds.